The highest BCUT2D eigenvalue weighted by molar-refractivity contribution is 7.92. The van der Waals surface area contributed by atoms with E-state index in [1.54, 1.807) is 43.5 Å². The number of sulfonamides is 1. The molecule has 0 unspecified atom stereocenters. The van der Waals surface area contributed by atoms with Gasteiger partial charge in [0.1, 0.15) is 5.75 Å². The smallest absolute Gasteiger partial charge is 0.239 e. The molecule has 0 aromatic heterocycles. The van der Waals surface area contributed by atoms with Crippen molar-refractivity contribution in [3.05, 3.63) is 58.6 Å². The maximum absolute atomic E-state index is 12.7. The molecule has 2 aromatic rings. The third-order valence-electron chi connectivity index (χ3n) is 3.74. The fraction of sp³-hybridized carbons (Fsp3) is 0.250. The first-order valence-corrected chi connectivity index (χ1v) is 8.90. The van der Waals surface area contributed by atoms with E-state index in [-0.39, 0.29) is 5.75 Å². The molecule has 0 saturated carbocycles. The Balaban J connectivity index is 1.87. The zero-order valence-corrected chi connectivity index (χ0v) is 13.7. The van der Waals surface area contributed by atoms with Crippen LogP contribution in [0.2, 0.25) is 5.02 Å². The zero-order chi connectivity index (χ0) is 15.7. The highest BCUT2D eigenvalue weighted by atomic mass is 35.5. The Morgan fingerprint density at radius 1 is 1.18 bits per heavy atom. The number of hydrogen-bond donors (Lipinski definition) is 0. The van der Waals surface area contributed by atoms with Gasteiger partial charge in [0, 0.05) is 11.6 Å². The van der Waals surface area contributed by atoms with Gasteiger partial charge in [-0.3, -0.25) is 4.31 Å². The molecule has 1 aliphatic heterocycles. The number of fused-ring (bicyclic) bond motifs is 1. The predicted octanol–water partition coefficient (Wildman–Crippen LogP) is 3.24. The summed E-state index contributed by atoms with van der Waals surface area (Å²) in [6, 6.07) is 12.4. The van der Waals surface area contributed by atoms with E-state index < -0.39 is 10.0 Å². The summed E-state index contributed by atoms with van der Waals surface area (Å²) >= 11 is 5.83. The predicted molar refractivity (Wildman–Crippen MR) is 88.1 cm³/mol. The van der Waals surface area contributed by atoms with Crippen LogP contribution in [0.4, 0.5) is 5.69 Å². The minimum absolute atomic E-state index is 0.0321. The van der Waals surface area contributed by atoms with Crippen LogP contribution in [0.1, 0.15) is 11.1 Å². The first-order chi connectivity index (χ1) is 10.5. The molecule has 4 nitrogen and oxygen atoms in total. The number of rotatable bonds is 4. The first kappa shape index (κ1) is 15.2. The molecule has 0 bridgehead atoms. The van der Waals surface area contributed by atoms with E-state index in [0.29, 0.717) is 18.0 Å². The van der Waals surface area contributed by atoms with Gasteiger partial charge in [-0.25, -0.2) is 8.42 Å². The minimum Gasteiger partial charge on any atom is -0.497 e. The van der Waals surface area contributed by atoms with Crippen LogP contribution in [-0.4, -0.2) is 22.1 Å². The number of benzene rings is 2. The third-order valence-corrected chi connectivity index (χ3v) is 5.74. The molecular weight excluding hydrogens is 322 g/mol. The Hall–Kier alpha value is -1.72. The highest BCUT2D eigenvalue weighted by Gasteiger charge is 2.29. The van der Waals surface area contributed by atoms with E-state index >= 15 is 0 Å². The normalized spacial score (nSPS) is 14.0. The maximum Gasteiger partial charge on any atom is 0.239 e. The molecule has 6 heteroatoms. The monoisotopic (exact) mass is 337 g/mol. The Kier molecular flexibility index (Phi) is 4.02. The number of nitrogens with zero attached hydrogens (tertiary/aromatic N) is 1. The van der Waals surface area contributed by atoms with Crippen molar-refractivity contribution in [2.45, 2.75) is 12.2 Å². The summed E-state index contributed by atoms with van der Waals surface area (Å²) in [5, 5.41) is 0.597. The largest absolute Gasteiger partial charge is 0.497 e. The van der Waals surface area contributed by atoms with Gasteiger partial charge in [-0.15, -0.1) is 0 Å². The van der Waals surface area contributed by atoms with Crippen molar-refractivity contribution in [3.8, 4) is 5.75 Å². The topological polar surface area (TPSA) is 46.6 Å². The van der Waals surface area contributed by atoms with Crippen molar-refractivity contribution in [1.82, 2.24) is 0 Å². The molecule has 1 heterocycles. The van der Waals surface area contributed by atoms with Gasteiger partial charge in [0.2, 0.25) is 10.0 Å². The van der Waals surface area contributed by atoms with Crippen molar-refractivity contribution in [3.63, 3.8) is 0 Å². The summed E-state index contributed by atoms with van der Waals surface area (Å²) in [5.74, 6) is 0.714. The Morgan fingerprint density at radius 2 is 1.91 bits per heavy atom. The van der Waals surface area contributed by atoms with Crippen molar-refractivity contribution in [2.75, 3.05) is 18.0 Å². The van der Waals surface area contributed by atoms with Gasteiger partial charge in [0.15, 0.2) is 0 Å². The average Bonchev–Trinajstić information content (AvgIpc) is 2.93. The number of ether oxygens (including phenoxy) is 1. The molecule has 0 amide bonds. The second kappa shape index (κ2) is 5.82. The molecule has 0 fully saturated rings. The molecule has 0 N–H and O–H groups in total. The maximum atomic E-state index is 12.7. The number of hydrogen-bond acceptors (Lipinski definition) is 3. The lowest BCUT2D eigenvalue weighted by Crippen LogP contribution is -2.30. The van der Waals surface area contributed by atoms with Crippen molar-refractivity contribution >= 4 is 27.3 Å². The van der Waals surface area contributed by atoms with Crippen LogP contribution in [0.3, 0.4) is 0 Å². The van der Waals surface area contributed by atoms with Gasteiger partial charge >= 0.3 is 0 Å². The van der Waals surface area contributed by atoms with Crippen LogP contribution in [0.5, 0.6) is 5.75 Å². The van der Waals surface area contributed by atoms with Crippen LogP contribution in [0, 0.1) is 0 Å². The highest BCUT2D eigenvalue weighted by Crippen LogP contribution is 2.34. The quantitative estimate of drug-likeness (QED) is 0.860. The molecular formula is C16H16ClNO3S. The van der Waals surface area contributed by atoms with Gasteiger partial charge < -0.3 is 4.74 Å². The fourth-order valence-corrected chi connectivity index (χ4v) is 4.38. The van der Waals surface area contributed by atoms with E-state index in [2.05, 4.69) is 0 Å². The number of anilines is 1. The molecule has 1 aliphatic rings. The lowest BCUT2D eigenvalue weighted by Gasteiger charge is -2.19. The van der Waals surface area contributed by atoms with Gasteiger partial charge in [-0.05, 0) is 47.9 Å². The second-order valence-corrected chi connectivity index (χ2v) is 7.53. The van der Waals surface area contributed by atoms with Crippen molar-refractivity contribution < 1.29 is 13.2 Å². The van der Waals surface area contributed by atoms with Gasteiger partial charge in [-0.2, -0.15) is 0 Å². The van der Waals surface area contributed by atoms with Gasteiger partial charge in [0.25, 0.3) is 0 Å². The summed E-state index contributed by atoms with van der Waals surface area (Å²) in [5.41, 5.74) is 2.47. The van der Waals surface area contributed by atoms with E-state index in [1.165, 1.54) is 4.31 Å². The lowest BCUT2D eigenvalue weighted by molar-refractivity contribution is 0.414. The Labute approximate surface area is 135 Å². The summed E-state index contributed by atoms with van der Waals surface area (Å²) in [6.45, 7) is 0.471. The third kappa shape index (κ3) is 2.91. The lowest BCUT2D eigenvalue weighted by atomic mass is 10.1. The van der Waals surface area contributed by atoms with E-state index in [9.17, 15) is 8.42 Å². The first-order valence-electron chi connectivity index (χ1n) is 6.91. The molecule has 0 radical (unpaired) electrons. The van der Waals surface area contributed by atoms with Crippen molar-refractivity contribution in [1.29, 1.82) is 0 Å². The Bertz CT molecular complexity index is 788. The second-order valence-electron chi connectivity index (χ2n) is 5.20. The van der Waals surface area contributed by atoms with Gasteiger partial charge in [-0.1, -0.05) is 23.7 Å². The number of halogens is 1. The molecule has 0 atom stereocenters. The summed E-state index contributed by atoms with van der Waals surface area (Å²) in [4.78, 5) is 0. The van der Waals surface area contributed by atoms with E-state index in [4.69, 9.17) is 16.3 Å². The SMILES string of the molecule is COc1ccc2c(c1)CCN2S(=O)(=O)Cc1ccc(Cl)cc1. The number of methoxy groups -OCH3 is 1. The summed E-state index contributed by atoms with van der Waals surface area (Å²) in [6.07, 6.45) is 0.701. The average molecular weight is 338 g/mol. The summed E-state index contributed by atoms with van der Waals surface area (Å²) in [7, 11) is -1.81. The standard InChI is InChI=1S/C16H16ClNO3S/c1-21-15-6-7-16-13(10-15)8-9-18(16)22(19,20)11-12-2-4-14(17)5-3-12/h2-7,10H,8-9,11H2,1H3. The minimum atomic E-state index is -3.41. The van der Waals surface area contributed by atoms with Crippen LogP contribution >= 0.6 is 11.6 Å². The molecule has 2 aromatic carbocycles. The molecule has 22 heavy (non-hydrogen) atoms. The van der Waals surface area contributed by atoms with Crippen LogP contribution in [0.15, 0.2) is 42.5 Å². The van der Waals surface area contributed by atoms with Gasteiger partial charge in [0.05, 0.1) is 18.6 Å². The van der Waals surface area contributed by atoms with E-state index in [0.717, 1.165) is 22.6 Å². The molecule has 116 valence electrons. The zero-order valence-electron chi connectivity index (χ0n) is 12.1. The summed E-state index contributed by atoms with van der Waals surface area (Å²) < 4.78 is 32.0. The molecule has 0 spiro atoms. The van der Waals surface area contributed by atoms with Crippen molar-refractivity contribution in [2.24, 2.45) is 0 Å². The molecule has 3 rings (SSSR count). The van der Waals surface area contributed by atoms with Crippen LogP contribution in [-0.2, 0) is 22.2 Å². The molecule has 0 saturated heterocycles. The van der Waals surface area contributed by atoms with Crippen LogP contribution < -0.4 is 9.04 Å². The Morgan fingerprint density at radius 3 is 2.59 bits per heavy atom. The fourth-order valence-electron chi connectivity index (χ4n) is 2.63. The molecule has 0 aliphatic carbocycles. The van der Waals surface area contributed by atoms with E-state index in [1.807, 2.05) is 6.07 Å². The van der Waals surface area contributed by atoms with Crippen LogP contribution in [0.25, 0.3) is 0 Å².